The van der Waals surface area contributed by atoms with Crippen LogP contribution in [0.2, 0.25) is 0 Å². The van der Waals surface area contributed by atoms with E-state index in [0.717, 1.165) is 25.9 Å². The summed E-state index contributed by atoms with van der Waals surface area (Å²) in [5, 5.41) is 0. The molecular weight excluding hydrogens is 323 g/mol. The molecule has 1 fully saturated rings. The van der Waals surface area contributed by atoms with Crippen molar-refractivity contribution in [2.75, 3.05) is 13.1 Å². The number of amides is 1. The number of aromatic nitrogens is 3. The van der Waals surface area contributed by atoms with Crippen LogP contribution in [0.3, 0.4) is 0 Å². The van der Waals surface area contributed by atoms with Gasteiger partial charge in [0.1, 0.15) is 23.6 Å². The molecule has 0 saturated carbocycles. The third-order valence-corrected chi connectivity index (χ3v) is 4.24. The van der Waals surface area contributed by atoms with Crippen molar-refractivity contribution >= 4 is 17.1 Å². The quantitative estimate of drug-likeness (QED) is 0.733. The molecule has 3 aromatic rings. The highest BCUT2D eigenvalue weighted by Crippen LogP contribution is 2.22. The minimum absolute atomic E-state index is 0.0726. The standard InChI is InChI=1S/C18H17FN4O2/c19-13-3-5-14(6-4-13)25-16-8-7-15-18(21-16)23(12-20-15)11-17(24)22-9-1-2-10-22/h3-8,12H,1-2,9-11H2. The summed E-state index contributed by atoms with van der Waals surface area (Å²) in [6.07, 6.45) is 3.74. The molecule has 0 unspecified atom stereocenters. The molecule has 6 nitrogen and oxygen atoms in total. The first kappa shape index (κ1) is 15.6. The Hall–Kier alpha value is -2.96. The predicted octanol–water partition coefficient (Wildman–Crippen LogP) is 2.99. The zero-order valence-electron chi connectivity index (χ0n) is 13.6. The van der Waals surface area contributed by atoms with E-state index in [0.29, 0.717) is 22.8 Å². The molecule has 3 heterocycles. The number of benzene rings is 1. The van der Waals surface area contributed by atoms with Gasteiger partial charge in [-0.25, -0.2) is 9.37 Å². The van der Waals surface area contributed by atoms with Crippen molar-refractivity contribution < 1.29 is 13.9 Å². The fourth-order valence-corrected chi connectivity index (χ4v) is 2.93. The van der Waals surface area contributed by atoms with E-state index < -0.39 is 0 Å². The average Bonchev–Trinajstić information content (AvgIpc) is 3.27. The molecule has 2 aromatic heterocycles. The van der Waals surface area contributed by atoms with Crippen molar-refractivity contribution in [3.63, 3.8) is 0 Å². The summed E-state index contributed by atoms with van der Waals surface area (Å²) in [5.41, 5.74) is 1.29. The van der Waals surface area contributed by atoms with Crippen molar-refractivity contribution in [3.05, 3.63) is 48.5 Å². The van der Waals surface area contributed by atoms with Crippen LogP contribution in [0, 0.1) is 5.82 Å². The first-order valence-corrected chi connectivity index (χ1v) is 8.22. The van der Waals surface area contributed by atoms with Gasteiger partial charge in [-0.05, 0) is 43.2 Å². The van der Waals surface area contributed by atoms with E-state index in [1.165, 1.54) is 24.3 Å². The van der Waals surface area contributed by atoms with E-state index in [-0.39, 0.29) is 18.3 Å². The monoisotopic (exact) mass is 340 g/mol. The Morgan fingerprint density at radius 1 is 1.12 bits per heavy atom. The smallest absolute Gasteiger partial charge is 0.242 e. The molecular formula is C18H17FN4O2. The fraction of sp³-hybridized carbons (Fsp3) is 0.278. The van der Waals surface area contributed by atoms with Gasteiger partial charge in [0.15, 0.2) is 5.65 Å². The number of hydrogen-bond acceptors (Lipinski definition) is 4. The number of pyridine rings is 1. The lowest BCUT2D eigenvalue weighted by molar-refractivity contribution is -0.130. The lowest BCUT2D eigenvalue weighted by atomic mass is 10.3. The normalized spacial score (nSPS) is 14.2. The van der Waals surface area contributed by atoms with Crippen molar-refractivity contribution in [2.24, 2.45) is 0 Å². The number of ether oxygens (including phenoxy) is 1. The maximum absolute atomic E-state index is 13.0. The van der Waals surface area contributed by atoms with Crippen LogP contribution in [0.4, 0.5) is 4.39 Å². The van der Waals surface area contributed by atoms with E-state index in [1.807, 2.05) is 4.90 Å². The molecule has 1 amide bonds. The topological polar surface area (TPSA) is 60.3 Å². The first-order chi connectivity index (χ1) is 12.2. The molecule has 1 aliphatic rings. The lowest BCUT2D eigenvalue weighted by Gasteiger charge is -2.15. The van der Waals surface area contributed by atoms with Gasteiger partial charge in [-0.3, -0.25) is 4.79 Å². The van der Waals surface area contributed by atoms with Crippen LogP contribution in [0.1, 0.15) is 12.8 Å². The third kappa shape index (κ3) is 3.31. The molecule has 128 valence electrons. The average molecular weight is 340 g/mol. The molecule has 7 heteroatoms. The number of nitrogens with zero attached hydrogens (tertiary/aromatic N) is 4. The molecule has 1 aliphatic heterocycles. The molecule has 25 heavy (non-hydrogen) atoms. The van der Waals surface area contributed by atoms with Crippen LogP contribution in [0.25, 0.3) is 11.2 Å². The van der Waals surface area contributed by atoms with Crippen LogP contribution < -0.4 is 4.74 Å². The zero-order valence-corrected chi connectivity index (χ0v) is 13.6. The Labute approximate surface area is 143 Å². The highest BCUT2D eigenvalue weighted by Gasteiger charge is 2.19. The number of hydrogen-bond donors (Lipinski definition) is 0. The maximum Gasteiger partial charge on any atom is 0.242 e. The first-order valence-electron chi connectivity index (χ1n) is 8.22. The second-order valence-corrected chi connectivity index (χ2v) is 6.01. The van der Waals surface area contributed by atoms with Crippen molar-refractivity contribution in [2.45, 2.75) is 19.4 Å². The number of carbonyl (C=O) groups is 1. The van der Waals surface area contributed by atoms with Gasteiger partial charge < -0.3 is 14.2 Å². The van der Waals surface area contributed by atoms with Crippen LogP contribution in [-0.2, 0) is 11.3 Å². The number of imidazole rings is 1. The summed E-state index contributed by atoms with van der Waals surface area (Å²) in [4.78, 5) is 22.9. The van der Waals surface area contributed by atoms with E-state index in [9.17, 15) is 9.18 Å². The lowest BCUT2D eigenvalue weighted by Crippen LogP contribution is -2.30. The van der Waals surface area contributed by atoms with E-state index in [1.54, 1.807) is 23.0 Å². The minimum Gasteiger partial charge on any atom is -0.439 e. The molecule has 1 aromatic carbocycles. The van der Waals surface area contributed by atoms with Crippen LogP contribution >= 0.6 is 0 Å². The van der Waals surface area contributed by atoms with E-state index in [4.69, 9.17) is 4.74 Å². The Balaban J connectivity index is 1.56. The molecule has 0 N–H and O–H groups in total. The summed E-state index contributed by atoms with van der Waals surface area (Å²) in [6.45, 7) is 1.85. The number of halogens is 1. The summed E-state index contributed by atoms with van der Waals surface area (Å²) in [5.74, 6) is 0.611. The molecule has 1 saturated heterocycles. The van der Waals surface area contributed by atoms with Gasteiger partial charge in [0.05, 0.1) is 6.33 Å². The van der Waals surface area contributed by atoms with Gasteiger partial charge in [0, 0.05) is 19.2 Å². The molecule has 0 radical (unpaired) electrons. The molecule has 0 atom stereocenters. The highest BCUT2D eigenvalue weighted by atomic mass is 19.1. The predicted molar refractivity (Wildman–Crippen MR) is 89.8 cm³/mol. The maximum atomic E-state index is 13.0. The summed E-state index contributed by atoms with van der Waals surface area (Å²) in [7, 11) is 0. The minimum atomic E-state index is -0.325. The molecule has 0 aliphatic carbocycles. The van der Waals surface area contributed by atoms with Crippen molar-refractivity contribution in [3.8, 4) is 11.6 Å². The van der Waals surface area contributed by atoms with Gasteiger partial charge in [0.25, 0.3) is 0 Å². The second kappa shape index (κ2) is 6.51. The third-order valence-electron chi connectivity index (χ3n) is 4.24. The fourth-order valence-electron chi connectivity index (χ4n) is 2.93. The summed E-state index contributed by atoms with van der Waals surface area (Å²) >= 11 is 0. The Morgan fingerprint density at radius 3 is 2.64 bits per heavy atom. The van der Waals surface area contributed by atoms with Crippen molar-refractivity contribution in [1.82, 2.24) is 19.4 Å². The Bertz CT molecular complexity index is 901. The number of likely N-dealkylation sites (tertiary alicyclic amines) is 1. The van der Waals surface area contributed by atoms with Gasteiger partial charge in [-0.2, -0.15) is 4.98 Å². The van der Waals surface area contributed by atoms with E-state index in [2.05, 4.69) is 9.97 Å². The van der Waals surface area contributed by atoms with Crippen LogP contribution in [0.5, 0.6) is 11.6 Å². The number of rotatable bonds is 4. The molecule has 0 spiro atoms. The van der Waals surface area contributed by atoms with Gasteiger partial charge in [0.2, 0.25) is 11.8 Å². The summed E-state index contributed by atoms with van der Waals surface area (Å²) in [6, 6.07) is 9.22. The second-order valence-electron chi connectivity index (χ2n) is 6.01. The Kier molecular flexibility index (Phi) is 4.05. The van der Waals surface area contributed by atoms with Crippen LogP contribution in [-0.4, -0.2) is 38.4 Å². The van der Waals surface area contributed by atoms with Gasteiger partial charge in [-0.1, -0.05) is 0 Å². The Morgan fingerprint density at radius 2 is 1.88 bits per heavy atom. The van der Waals surface area contributed by atoms with Gasteiger partial charge >= 0.3 is 0 Å². The van der Waals surface area contributed by atoms with E-state index >= 15 is 0 Å². The van der Waals surface area contributed by atoms with Crippen molar-refractivity contribution in [1.29, 1.82) is 0 Å². The molecule has 0 bridgehead atoms. The molecule has 4 rings (SSSR count). The van der Waals surface area contributed by atoms with Crippen LogP contribution in [0.15, 0.2) is 42.7 Å². The highest BCUT2D eigenvalue weighted by molar-refractivity contribution is 5.79. The number of carbonyl (C=O) groups excluding carboxylic acids is 1. The zero-order chi connectivity index (χ0) is 17.2. The summed E-state index contributed by atoms with van der Waals surface area (Å²) < 4.78 is 20.4. The number of fused-ring (bicyclic) bond motifs is 1. The SMILES string of the molecule is O=C(Cn1cnc2ccc(Oc3ccc(F)cc3)nc21)N1CCCC1. The largest absolute Gasteiger partial charge is 0.439 e. The van der Waals surface area contributed by atoms with Gasteiger partial charge in [-0.15, -0.1) is 0 Å².